The fourth-order valence-corrected chi connectivity index (χ4v) is 3.47. The van der Waals surface area contributed by atoms with Gasteiger partial charge in [0.2, 0.25) is 0 Å². The predicted octanol–water partition coefficient (Wildman–Crippen LogP) is 3.73. The minimum Gasteiger partial charge on any atom is -0.296 e. The topological polar surface area (TPSA) is 35.8 Å². The molecule has 1 fully saturated rings. The molecular formula is C15H18F2N2S. The quantitative estimate of drug-likeness (QED) is 0.813. The molecule has 0 bridgehead atoms. The second-order valence-electron chi connectivity index (χ2n) is 5.52. The molecular weight excluding hydrogens is 278 g/mol. The van der Waals surface area contributed by atoms with Crippen LogP contribution in [-0.4, -0.2) is 17.3 Å². The molecule has 1 aliphatic carbocycles. The summed E-state index contributed by atoms with van der Waals surface area (Å²) < 4.78 is 26.8. The molecule has 1 aromatic rings. The van der Waals surface area contributed by atoms with Crippen LogP contribution in [0.3, 0.4) is 0 Å². The van der Waals surface area contributed by atoms with Crippen molar-refractivity contribution in [1.29, 1.82) is 5.26 Å². The summed E-state index contributed by atoms with van der Waals surface area (Å²) in [6, 6.07) is 5.95. The summed E-state index contributed by atoms with van der Waals surface area (Å²) in [6.07, 6.45) is 2.03. The summed E-state index contributed by atoms with van der Waals surface area (Å²) in [6.45, 7) is 3.98. The van der Waals surface area contributed by atoms with E-state index in [1.54, 1.807) is 0 Å². The number of nitrogens with zero attached hydrogens (tertiary/aromatic N) is 1. The van der Waals surface area contributed by atoms with E-state index in [4.69, 9.17) is 0 Å². The van der Waals surface area contributed by atoms with E-state index in [0.29, 0.717) is 11.7 Å². The van der Waals surface area contributed by atoms with Gasteiger partial charge in [0.15, 0.2) is 0 Å². The van der Waals surface area contributed by atoms with Crippen LogP contribution < -0.4 is 5.32 Å². The molecule has 1 unspecified atom stereocenters. The molecule has 1 saturated carbocycles. The van der Waals surface area contributed by atoms with Gasteiger partial charge in [0.1, 0.15) is 17.2 Å². The summed E-state index contributed by atoms with van der Waals surface area (Å²) in [4.78, 5) is 0.260. The maximum atomic E-state index is 13.6. The van der Waals surface area contributed by atoms with Crippen LogP contribution in [0.25, 0.3) is 0 Å². The molecule has 1 atom stereocenters. The third-order valence-corrected chi connectivity index (χ3v) is 4.59. The minimum absolute atomic E-state index is 0.174. The molecule has 1 aliphatic rings. The van der Waals surface area contributed by atoms with Crippen LogP contribution in [0.5, 0.6) is 0 Å². The Hall–Kier alpha value is -1.12. The predicted molar refractivity (Wildman–Crippen MR) is 76.4 cm³/mol. The third kappa shape index (κ3) is 3.50. The molecule has 0 radical (unpaired) electrons. The zero-order valence-electron chi connectivity index (χ0n) is 11.6. The largest absolute Gasteiger partial charge is 0.296 e. The maximum Gasteiger partial charge on any atom is 0.136 e. The van der Waals surface area contributed by atoms with Crippen molar-refractivity contribution >= 4 is 11.8 Å². The molecule has 1 aromatic carbocycles. The van der Waals surface area contributed by atoms with Gasteiger partial charge in [0.05, 0.1) is 6.07 Å². The van der Waals surface area contributed by atoms with E-state index >= 15 is 0 Å². The Kier molecular flexibility index (Phi) is 4.66. The normalized spacial score (nSPS) is 17.8. The average molecular weight is 296 g/mol. The number of hydrogen-bond acceptors (Lipinski definition) is 3. The van der Waals surface area contributed by atoms with Gasteiger partial charge in [-0.15, -0.1) is 11.8 Å². The highest BCUT2D eigenvalue weighted by atomic mass is 32.2. The summed E-state index contributed by atoms with van der Waals surface area (Å²) in [5, 5.41) is 12.9. The van der Waals surface area contributed by atoms with E-state index < -0.39 is 17.2 Å². The van der Waals surface area contributed by atoms with Crippen LogP contribution in [0, 0.1) is 28.9 Å². The van der Waals surface area contributed by atoms with Gasteiger partial charge in [-0.2, -0.15) is 5.26 Å². The van der Waals surface area contributed by atoms with E-state index in [2.05, 4.69) is 11.4 Å². The van der Waals surface area contributed by atoms with Crippen LogP contribution in [0.2, 0.25) is 0 Å². The van der Waals surface area contributed by atoms with Gasteiger partial charge in [-0.25, -0.2) is 8.78 Å². The molecule has 0 heterocycles. The summed E-state index contributed by atoms with van der Waals surface area (Å²) >= 11 is 1.20. The van der Waals surface area contributed by atoms with Gasteiger partial charge in [0.25, 0.3) is 0 Å². The van der Waals surface area contributed by atoms with Gasteiger partial charge in [0, 0.05) is 16.7 Å². The molecule has 108 valence electrons. The highest BCUT2D eigenvalue weighted by Gasteiger charge is 2.46. The van der Waals surface area contributed by atoms with Crippen LogP contribution >= 0.6 is 11.8 Å². The van der Waals surface area contributed by atoms with Crippen molar-refractivity contribution in [3.8, 4) is 6.07 Å². The number of nitrogens with one attached hydrogen (secondary N) is 1. The van der Waals surface area contributed by atoms with Crippen molar-refractivity contribution in [2.24, 2.45) is 5.92 Å². The first-order chi connectivity index (χ1) is 9.47. The molecule has 0 aromatic heterocycles. The zero-order chi connectivity index (χ0) is 14.8. The van der Waals surface area contributed by atoms with Gasteiger partial charge >= 0.3 is 0 Å². The van der Waals surface area contributed by atoms with E-state index in [1.165, 1.54) is 17.8 Å². The lowest BCUT2D eigenvalue weighted by atomic mass is 9.96. The van der Waals surface area contributed by atoms with Gasteiger partial charge in [-0.05, 0) is 50.8 Å². The first-order valence-electron chi connectivity index (χ1n) is 6.73. The van der Waals surface area contributed by atoms with Crippen molar-refractivity contribution in [2.45, 2.75) is 43.2 Å². The molecule has 2 nitrogen and oxygen atoms in total. The molecule has 20 heavy (non-hydrogen) atoms. The van der Waals surface area contributed by atoms with Gasteiger partial charge < -0.3 is 0 Å². The average Bonchev–Trinajstić information content (AvgIpc) is 3.22. The van der Waals surface area contributed by atoms with E-state index in [9.17, 15) is 14.0 Å². The van der Waals surface area contributed by atoms with E-state index in [-0.39, 0.29) is 10.9 Å². The van der Waals surface area contributed by atoms with Crippen molar-refractivity contribution in [3.63, 3.8) is 0 Å². The fourth-order valence-electron chi connectivity index (χ4n) is 2.30. The van der Waals surface area contributed by atoms with E-state index in [1.807, 2.05) is 13.8 Å². The number of halogens is 2. The molecule has 1 N–H and O–H groups in total. The van der Waals surface area contributed by atoms with Gasteiger partial charge in [-0.3, -0.25) is 5.32 Å². The maximum absolute atomic E-state index is 13.6. The van der Waals surface area contributed by atoms with Crippen molar-refractivity contribution in [2.75, 3.05) is 5.75 Å². The smallest absolute Gasteiger partial charge is 0.136 e. The fraction of sp³-hybridized carbons (Fsp3) is 0.533. The van der Waals surface area contributed by atoms with Crippen LogP contribution in [0.4, 0.5) is 8.78 Å². The Labute approximate surface area is 122 Å². The molecule has 0 aliphatic heterocycles. The number of hydrogen-bond donors (Lipinski definition) is 1. The van der Waals surface area contributed by atoms with Crippen molar-refractivity contribution < 1.29 is 8.78 Å². The highest BCUT2D eigenvalue weighted by Crippen LogP contribution is 2.42. The zero-order valence-corrected chi connectivity index (χ0v) is 12.4. The van der Waals surface area contributed by atoms with Crippen LogP contribution in [0.15, 0.2) is 23.1 Å². The summed E-state index contributed by atoms with van der Waals surface area (Å²) in [5.41, 5.74) is -0.655. The first-order valence-corrected chi connectivity index (χ1v) is 7.72. The lowest BCUT2D eigenvalue weighted by Crippen LogP contribution is -2.51. The Bertz CT molecular complexity index is 523. The summed E-state index contributed by atoms with van der Waals surface area (Å²) in [5.74, 6) is -0.172. The van der Waals surface area contributed by atoms with Crippen LogP contribution in [0.1, 0.15) is 26.7 Å². The number of thioether (sulfide) groups is 1. The second-order valence-corrected chi connectivity index (χ2v) is 6.54. The standard InChI is InChI=1S/C15H18F2N2S/c1-10(2)19-15(8-18,11-3-4-11)9-20-14-7-12(16)5-6-13(14)17/h5-7,10-11,19H,3-4,9H2,1-2H3. The highest BCUT2D eigenvalue weighted by molar-refractivity contribution is 7.99. The van der Waals surface area contributed by atoms with Crippen molar-refractivity contribution in [1.82, 2.24) is 5.32 Å². The molecule has 0 spiro atoms. The molecule has 2 rings (SSSR count). The monoisotopic (exact) mass is 296 g/mol. The number of nitriles is 1. The molecule has 0 amide bonds. The second kappa shape index (κ2) is 6.11. The first kappa shape index (κ1) is 15.3. The lowest BCUT2D eigenvalue weighted by Gasteiger charge is -2.30. The SMILES string of the molecule is CC(C)NC(C#N)(CSc1cc(F)ccc1F)C1CC1. The number of benzene rings is 1. The number of rotatable bonds is 6. The molecule has 0 saturated heterocycles. The lowest BCUT2D eigenvalue weighted by molar-refractivity contribution is 0.370. The Morgan fingerprint density at radius 1 is 1.45 bits per heavy atom. The Morgan fingerprint density at radius 2 is 2.15 bits per heavy atom. The van der Waals surface area contributed by atoms with E-state index in [0.717, 1.165) is 25.0 Å². The van der Waals surface area contributed by atoms with Crippen molar-refractivity contribution in [3.05, 3.63) is 29.8 Å². The Morgan fingerprint density at radius 3 is 2.70 bits per heavy atom. The Balaban J connectivity index is 2.13. The van der Waals surface area contributed by atoms with Gasteiger partial charge in [-0.1, -0.05) is 0 Å². The minimum atomic E-state index is -0.655. The molecule has 5 heteroatoms. The van der Waals surface area contributed by atoms with Crippen LogP contribution in [-0.2, 0) is 0 Å². The third-order valence-electron chi connectivity index (χ3n) is 3.37. The summed E-state index contributed by atoms with van der Waals surface area (Å²) in [7, 11) is 0.